The summed E-state index contributed by atoms with van der Waals surface area (Å²) in [5, 5.41) is 10.8. The summed E-state index contributed by atoms with van der Waals surface area (Å²) in [6, 6.07) is 3.67. The van der Waals surface area contributed by atoms with Gasteiger partial charge in [-0.25, -0.2) is 15.8 Å². The lowest BCUT2D eigenvalue weighted by atomic mass is 10.4. The zero-order valence-corrected chi connectivity index (χ0v) is 9.79. The summed E-state index contributed by atoms with van der Waals surface area (Å²) in [5.74, 6) is 6.72. The molecule has 2 aromatic heterocycles. The smallest absolute Gasteiger partial charge is 0.205 e. The van der Waals surface area contributed by atoms with Crippen molar-refractivity contribution in [3.8, 4) is 5.75 Å². The second-order valence-electron chi connectivity index (χ2n) is 3.32. The van der Waals surface area contributed by atoms with E-state index < -0.39 is 0 Å². The Morgan fingerprint density at radius 3 is 2.83 bits per heavy atom. The number of nitrogens with two attached hydrogens (primary N) is 1. The van der Waals surface area contributed by atoms with Crippen LogP contribution in [0.3, 0.4) is 0 Å². The molecule has 0 aliphatic rings. The third-order valence-corrected chi connectivity index (χ3v) is 2.21. The van der Waals surface area contributed by atoms with Crippen molar-refractivity contribution in [2.75, 3.05) is 17.9 Å². The summed E-state index contributed by atoms with van der Waals surface area (Å²) >= 11 is 0. The van der Waals surface area contributed by atoms with Gasteiger partial charge in [-0.2, -0.15) is 10.2 Å². The fraction of sp³-hybridized carbons (Fsp3) is 0.200. The molecule has 0 atom stereocenters. The van der Waals surface area contributed by atoms with Crippen LogP contribution in [-0.4, -0.2) is 27.3 Å². The van der Waals surface area contributed by atoms with Crippen molar-refractivity contribution >= 4 is 11.6 Å². The Morgan fingerprint density at radius 1 is 1.33 bits per heavy atom. The maximum absolute atomic E-state index is 5.33. The lowest BCUT2D eigenvalue weighted by molar-refractivity contribution is 0.414. The number of nitrogen functional groups attached to an aromatic ring is 1. The van der Waals surface area contributed by atoms with Gasteiger partial charge in [0.1, 0.15) is 6.33 Å². The third-order valence-electron chi connectivity index (χ3n) is 2.21. The van der Waals surface area contributed by atoms with Gasteiger partial charge in [0.2, 0.25) is 5.75 Å². The molecular weight excluding hydrogens is 234 g/mol. The fourth-order valence-electron chi connectivity index (χ4n) is 1.40. The van der Waals surface area contributed by atoms with Crippen molar-refractivity contribution in [2.45, 2.75) is 6.54 Å². The van der Waals surface area contributed by atoms with Crippen LogP contribution in [0.25, 0.3) is 0 Å². The normalized spacial score (nSPS) is 9.89. The first-order valence-corrected chi connectivity index (χ1v) is 5.21. The molecule has 2 heterocycles. The maximum Gasteiger partial charge on any atom is 0.205 e. The van der Waals surface area contributed by atoms with Crippen LogP contribution >= 0.6 is 0 Å². The Balaban J connectivity index is 2.14. The van der Waals surface area contributed by atoms with Crippen molar-refractivity contribution < 1.29 is 4.74 Å². The highest BCUT2D eigenvalue weighted by Gasteiger charge is 2.10. The topological polar surface area (TPSA) is 111 Å². The molecule has 2 aromatic rings. The van der Waals surface area contributed by atoms with Crippen molar-refractivity contribution in [1.82, 2.24) is 20.2 Å². The van der Waals surface area contributed by atoms with Crippen LogP contribution < -0.4 is 21.3 Å². The number of hydrogen-bond donors (Lipinski definition) is 3. The number of hydrogen-bond acceptors (Lipinski definition) is 8. The number of aromatic nitrogens is 4. The summed E-state index contributed by atoms with van der Waals surface area (Å²) in [4.78, 5) is 8.03. The number of methoxy groups -OCH3 is 1. The first-order valence-electron chi connectivity index (χ1n) is 5.21. The molecule has 0 unspecified atom stereocenters. The number of nitrogens with one attached hydrogen (secondary N) is 2. The van der Waals surface area contributed by atoms with Crippen LogP contribution in [0.4, 0.5) is 11.6 Å². The van der Waals surface area contributed by atoms with E-state index in [-0.39, 0.29) is 0 Å². The van der Waals surface area contributed by atoms with E-state index in [4.69, 9.17) is 10.6 Å². The van der Waals surface area contributed by atoms with E-state index in [1.165, 1.54) is 13.4 Å². The molecule has 8 nitrogen and oxygen atoms in total. The molecule has 4 N–H and O–H groups in total. The molecular formula is C10H13N7O. The van der Waals surface area contributed by atoms with Crippen LogP contribution in [0.15, 0.2) is 24.7 Å². The molecule has 8 heteroatoms. The van der Waals surface area contributed by atoms with Crippen LogP contribution in [0.2, 0.25) is 0 Å². The van der Waals surface area contributed by atoms with Gasteiger partial charge in [0.05, 0.1) is 19.3 Å². The minimum atomic E-state index is 0.411. The summed E-state index contributed by atoms with van der Waals surface area (Å²) in [6.07, 6.45) is 3.00. The van der Waals surface area contributed by atoms with E-state index in [0.717, 1.165) is 5.69 Å². The van der Waals surface area contributed by atoms with Crippen LogP contribution in [0.5, 0.6) is 5.75 Å². The zero-order valence-electron chi connectivity index (χ0n) is 9.79. The van der Waals surface area contributed by atoms with Gasteiger partial charge in [0.25, 0.3) is 0 Å². The minimum Gasteiger partial charge on any atom is -0.490 e. The Morgan fingerprint density at radius 2 is 2.17 bits per heavy atom. The van der Waals surface area contributed by atoms with Crippen molar-refractivity contribution in [1.29, 1.82) is 0 Å². The van der Waals surface area contributed by atoms with E-state index in [0.29, 0.717) is 23.9 Å². The van der Waals surface area contributed by atoms with Crippen LogP contribution in [0, 0.1) is 0 Å². The average Bonchev–Trinajstić information content (AvgIpc) is 2.45. The highest BCUT2D eigenvalue weighted by Crippen LogP contribution is 2.28. The highest BCUT2D eigenvalue weighted by atomic mass is 16.5. The van der Waals surface area contributed by atoms with E-state index in [9.17, 15) is 0 Å². The van der Waals surface area contributed by atoms with Gasteiger partial charge < -0.3 is 15.5 Å². The summed E-state index contributed by atoms with van der Waals surface area (Å²) in [5.41, 5.74) is 3.23. The zero-order chi connectivity index (χ0) is 12.8. The number of hydrazine groups is 1. The third kappa shape index (κ3) is 2.61. The molecule has 0 spiro atoms. The molecule has 0 saturated carbocycles. The number of anilines is 2. The summed E-state index contributed by atoms with van der Waals surface area (Å²) in [7, 11) is 1.52. The maximum atomic E-state index is 5.33. The second-order valence-corrected chi connectivity index (χ2v) is 3.32. The Kier molecular flexibility index (Phi) is 3.82. The Hall–Kier alpha value is -2.48. The molecule has 0 amide bonds. The molecule has 0 aliphatic heterocycles. The SMILES string of the molecule is COc1c(NN)ncnc1NCc1cccnn1. The molecule has 2 rings (SSSR count). The molecule has 0 radical (unpaired) electrons. The monoisotopic (exact) mass is 247 g/mol. The lowest BCUT2D eigenvalue weighted by Crippen LogP contribution is -2.12. The van der Waals surface area contributed by atoms with Gasteiger partial charge in [0.15, 0.2) is 11.6 Å². The van der Waals surface area contributed by atoms with Gasteiger partial charge in [-0.05, 0) is 12.1 Å². The molecule has 0 fully saturated rings. The fourth-order valence-corrected chi connectivity index (χ4v) is 1.40. The van der Waals surface area contributed by atoms with Crippen molar-refractivity contribution in [2.24, 2.45) is 5.84 Å². The number of ether oxygens (including phenoxy) is 1. The molecule has 0 saturated heterocycles. The molecule has 0 aliphatic carbocycles. The van der Waals surface area contributed by atoms with E-state index in [1.807, 2.05) is 12.1 Å². The van der Waals surface area contributed by atoms with E-state index >= 15 is 0 Å². The molecule has 0 aromatic carbocycles. The lowest BCUT2D eigenvalue weighted by Gasteiger charge is -2.11. The van der Waals surface area contributed by atoms with Crippen LogP contribution in [0.1, 0.15) is 5.69 Å². The van der Waals surface area contributed by atoms with Crippen molar-refractivity contribution in [3.05, 3.63) is 30.4 Å². The molecule has 18 heavy (non-hydrogen) atoms. The van der Waals surface area contributed by atoms with Gasteiger partial charge in [0, 0.05) is 6.20 Å². The van der Waals surface area contributed by atoms with E-state index in [1.54, 1.807) is 6.20 Å². The second kappa shape index (κ2) is 5.73. The highest BCUT2D eigenvalue weighted by molar-refractivity contribution is 5.62. The quantitative estimate of drug-likeness (QED) is 0.506. The van der Waals surface area contributed by atoms with Gasteiger partial charge in [-0.3, -0.25) is 0 Å². The molecule has 0 bridgehead atoms. The summed E-state index contributed by atoms with van der Waals surface area (Å²) < 4.78 is 5.19. The predicted molar refractivity (Wildman–Crippen MR) is 65.8 cm³/mol. The van der Waals surface area contributed by atoms with Gasteiger partial charge in [-0.15, -0.1) is 0 Å². The first-order chi connectivity index (χ1) is 8.85. The first kappa shape index (κ1) is 12.0. The van der Waals surface area contributed by atoms with Crippen molar-refractivity contribution in [3.63, 3.8) is 0 Å². The predicted octanol–water partition coefficient (Wildman–Crippen LogP) is 0.173. The Labute approximate surface area is 104 Å². The average molecular weight is 247 g/mol. The number of nitrogens with zero attached hydrogens (tertiary/aromatic N) is 4. The number of rotatable bonds is 5. The standard InChI is InChI=1S/C10H13N7O/c1-18-8-9(13-6-14-10(8)16-11)12-5-7-3-2-4-15-17-7/h2-4,6H,5,11H2,1H3,(H2,12,13,14,16). The minimum absolute atomic E-state index is 0.411. The van der Waals surface area contributed by atoms with E-state index in [2.05, 4.69) is 30.9 Å². The van der Waals surface area contributed by atoms with Crippen LogP contribution in [-0.2, 0) is 6.54 Å². The Bertz CT molecular complexity index is 505. The van der Waals surface area contributed by atoms with Gasteiger partial charge >= 0.3 is 0 Å². The molecule has 94 valence electrons. The summed E-state index contributed by atoms with van der Waals surface area (Å²) in [6.45, 7) is 0.477. The largest absolute Gasteiger partial charge is 0.490 e. The van der Waals surface area contributed by atoms with Gasteiger partial charge in [-0.1, -0.05) is 0 Å².